The first-order valence-electron chi connectivity index (χ1n) is 3.42. The van der Waals surface area contributed by atoms with Gasteiger partial charge in [0.15, 0.2) is 14.0 Å². The molecule has 0 aromatic rings. The van der Waals surface area contributed by atoms with Crippen molar-refractivity contribution in [1.29, 1.82) is 0 Å². The molecule has 0 aliphatic rings. The molecular weight excluding hydrogens is 147 g/mol. The number of aliphatic hydroxyl groups is 1. The molecule has 2 unspecified atom stereocenters. The highest BCUT2D eigenvalue weighted by molar-refractivity contribution is 6.58. The normalized spacial score (nSPS) is 15.5. The van der Waals surface area contributed by atoms with Crippen LogP contribution in [0, 0.1) is 5.92 Å². The molecule has 4 nitrogen and oxygen atoms in total. The van der Waals surface area contributed by atoms with E-state index in [1.807, 2.05) is 0 Å². The van der Waals surface area contributed by atoms with E-state index in [-0.39, 0.29) is 5.68 Å². The van der Waals surface area contributed by atoms with Gasteiger partial charge in [0, 0.05) is 5.92 Å². The number of hydrogen-bond donors (Lipinski definition) is 2. The molecule has 0 rings (SSSR count). The fourth-order valence-electron chi connectivity index (χ4n) is 0.905. The molecule has 0 radical (unpaired) electrons. The lowest BCUT2D eigenvalue weighted by Gasteiger charge is -2.14. The van der Waals surface area contributed by atoms with Gasteiger partial charge >= 0.3 is 5.97 Å². The smallest absolute Gasteiger partial charge is 0.333 e. The number of aliphatic carboxylic acids is 1. The Kier molecular flexibility index (Phi) is 3.82. The van der Waals surface area contributed by atoms with Gasteiger partial charge in [-0.05, 0) is 6.42 Å². The molecule has 0 spiro atoms. The van der Waals surface area contributed by atoms with Crippen LogP contribution >= 0.6 is 0 Å². The lowest BCUT2D eigenvalue weighted by molar-refractivity contribution is -0.151. The van der Waals surface area contributed by atoms with Crippen LogP contribution in [0.5, 0.6) is 0 Å². The minimum atomic E-state index is -1.56. The molecule has 0 aliphatic heterocycles. The largest absolute Gasteiger partial charge is 0.479 e. The third-order valence-corrected chi connectivity index (χ3v) is 1.60. The molecule has 0 heterocycles. The average molecular weight is 158 g/mol. The molecule has 11 heavy (non-hydrogen) atoms. The summed E-state index contributed by atoms with van der Waals surface area (Å²) < 4.78 is 0. The van der Waals surface area contributed by atoms with Gasteiger partial charge in [-0.2, -0.15) is 0 Å². The van der Waals surface area contributed by atoms with Gasteiger partial charge in [0.05, 0.1) is 5.68 Å². The summed E-state index contributed by atoms with van der Waals surface area (Å²) in [5.74, 6) is -2.11. The van der Waals surface area contributed by atoms with E-state index in [2.05, 4.69) is 0 Å². The second kappa shape index (κ2) is 4.13. The van der Waals surface area contributed by atoms with E-state index in [9.17, 15) is 9.59 Å². The summed E-state index contributed by atoms with van der Waals surface area (Å²) in [5, 5.41) is 17.3. The fourth-order valence-corrected chi connectivity index (χ4v) is 0.905. The number of hydrogen-bond acceptors (Lipinski definition) is 3. The number of rotatable bonds is 4. The third kappa shape index (κ3) is 2.71. The van der Waals surface area contributed by atoms with E-state index >= 15 is 0 Å². The number of carboxylic acids is 1. The van der Waals surface area contributed by atoms with Crippen LogP contribution in [0.25, 0.3) is 0 Å². The second-order valence-corrected chi connectivity index (χ2v) is 2.41. The standard InChI is InChI=1S/C6H11BO4/c1-2-3(5(7)9)4(8)6(10)11/h3-4,8H,2,7H2,1H3,(H,10,11). The van der Waals surface area contributed by atoms with E-state index < -0.39 is 18.0 Å². The molecule has 0 amide bonds. The Morgan fingerprint density at radius 2 is 2.00 bits per heavy atom. The monoisotopic (exact) mass is 158 g/mol. The maximum Gasteiger partial charge on any atom is 0.333 e. The summed E-state index contributed by atoms with van der Waals surface area (Å²) in [5.41, 5.74) is -0.289. The minimum Gasteiger partial charge on any atom is -0.479 e. The zero-order valence-electron chi connectivity index (χ0n) is 6.57. The highest BCUT2D eigenvalue weighted by Crippen LogP contribution is 2.08. The summed E-state index contributed by atoms with van der Waals surface area (Å²) in [6, 6.07) is 0. The van der Waals surface area contributed by atoms with Crippen LogP contribution in [0.15, 0.2) is 0 Å². The van der Waals surface area contributed by atoms with E-state index in [0.717, 1.165) is 0 Å². The molecule has 0 saturated carbocycles. The van der Waals surface area contributed by atoms with Crippen LogP contribution in [0.3, 0.4) is 0 Å². The Morgan fingerprint density at radius 1 is 1.55 bits per heavy atom. The van der Waals surface area contributed by atoms with Gasteiger partial charge in [0.1, 0.15) is 0 Å². The van der Waals surface area contributed by atoms with E-state index in [4.69, 9.17) is 10.2 Å². The van der Waals surface area contributed by atoms with Gasteiger partial charge in [-0.1, -0.05) is 6.92 Å². The molecular formula is C6H11BO4. The zero-order chi connectivity index (χ0) is 9.02. The molecule has 2 N–H and O–H groups in total. The van der Waals surface area contributed by atoms with Crippen LogP contribution in [0.4, 0.5) is 0 Å². The second-order valence-electron chi connectivity index (χ2n) is 2.41. The Morgan fingerprint density at radius 3 is 2.09 bits per heavy atom. The highest BCUT2D eigenvalue weighted by atomic mass is 16.4. The predicted octanol–water partition coefficient (Wildman–Crippen LogP) is -1.38. The van der Waals surface area contributed by atoms with Crippen molar-refractivity contribution in [2.45, 2.75) is 19.4 Å². The topological polar surface area (TPSA) is 74.6 Å². The third-order valence-electron chi connectivity index (χ3n) is 1.60. The van der Waals surface area contributed by atoms with Gasteiger partial charge in [-0.3, -0.25) is 0 Å². The number of carbonyl (C=O) groups is 2. The van der Waals surface area contributed by atoms with Crippen LogP contribution in [-0.4, -0.2) is 35.8 Å². The van der Waals surface area contributed by atoms with Crippen molar-refractivity contribution < 1.29 is 19.8 Å². The maximum atomic E-state index is 10.7. The Hall–Kier alpha value is -0.835. The van der Waals surface area contributed by atoms with Crippen LogP contribution < -0.4 is 0 Å². The highest BCUT2D eigenvalue weighted by Gasteiger charge is 2.26. The molecule has 62 valence electrons. The lowest BCUT2D eigenvalue weighted by Crippen LogP contribution is -2.34. The van der Waals surface area contributed by atoms with Crippen molar-refractivity contribution in [1.82, 2.24) is 0 Å². The van der Waals surface area contributed by atoms with Gasteiger partial charge in [0.25, 0.3) is 0 Å². The summed E-state index contributed by atoms with van der Waals surface area (Å²) in [4.78, 5) is 20.9. The maximum absolute atomic E-state index is 10.7. The first-order valence-corrected chi connectivity index (χ1v) is 3.42. The van der Waals surface area contributed by atoms with Crippen LogP contribution in [-0.2, 0) is 9.59 Å². The summed E-state index contributed by atoms with van der Waals surface area (Å²) in [6.45, 7) is 1.66. The minimum absolute atomic E-state index is 0.289. The molecule has 0 fully saturated rings. The molecule has 5 heteroatoms. The molecule has 0 bridgehead atoms. The first kappa shape index (κ1) is 10.2. The van der Waals surface area contributed by atoms with E-state index in [0.29, 0.717) is 6.42 Å². The van der Waals surface area contributed by atoms with Crippen molar-refractivity contribution in [3.8, 4) is 0 Å². The average Bonchev–Trinajstić information content (AvgIpc) is 1.88. The fraction of sp³-hybridized carbons (Fsp3) is 0.667. The predicted molar refractivity (Wildman–Crippen MR) is 41.0 cm³/mol. The quantitative estimate of drug-likeness (QED) is 0.494. The number of carboxylic acid groups (broad SMARTS) is 1. The molecule has 0 aromatic heterocycles. The molecule has 0 aliphatic carbocycles. The molecule has 0 saturated heterocycles. The molecule has 2 atom stereocenters. The van der Waals surface area contributed by atoms with Crippen molar-refractivity contribution in [3.63, 3.8) is 0 Å². The van der Waals surface area contributed by atoms with Gasteiger partial charge in [-0.25, -0.2) is 4.79 Å². The van der Waals surface area contributed by atoms with Gasteiger partial charge in [-0.15, -0.1) is 0 Å². The van der Waals surface area contributed by atoms with Gasteiger partial charge in [0.2, 0.25) is 0 Å². The van der Waals surface area contributed by atoms with Crippen LogP contribution in [0.1, 0.15) is 13.3 Å². The van der Waals surface area contributed by atoms with Crippen molar-refractivity contribution in [2.75, 3.05) is 0 Å². The van der Waals surface area contributed by atoms with E-state index in [1.165, 1.54) is 7.85 Å². The Labute approximate surface area is 65.6 Å². The van der Waals surface area contributed by atoms with Crippen molar-refractivity contribution >= 4 is 19.5 Å². The SMILES string of the molecule is BC(=O)C(CC)C(O)C(=O)O. The molecule has 0 aromatic carbocycles. The Balaban J connectivity index is 4.25. The summed E-state index contributed by atoms with van der Waals surface area (Å²) in [7, 11) is 1.28. The van der Waals surface area contributed by atoms with E-state index in [1.54, 1.807) is 6.92 Å². The number of aliphatic hydroxyl groups excluding tert-OH is 1. The van der Waals surface area contributed by atoms with Crippen LogP contribution in [0.2, 0.25) is 0 Å². The van der Waals surface area contributed by atoms with Crippen molar-refractivity contribution in [3.05, 3.63) is 0 Å². The number of carbonyl (C=O) groups excluding carboxylic acids is 1. The Bertz CT molecular complexity index is 168. The summed E-state index contributed by atoms with van der Waals surface area (Å²) in [6.07, 6.45) is -1.21. The summed E-state index contributed by atoms with van der Waals surface area (Å²) >= 11 is 0. The lowest BCUT2D eigenvalue weighted by atomic mass is 9.83. The first-order chi connectivity index (χ1) is 5.00. The zero-order valence-corrected chi connectivity index (χ0v) is 6.57. The van der Waals surface area contributed by atoms with Gasteiger partial charge < -0.3 is 15.0 Å². The van der Waals surface area contributed by atoms with Crippen molar-refractivity contribution in [2.24, 2.45) is 5.92 Å².